The normalized spacial score (nSPS) is 3.50. The van der Waals surface area contributed by atoms with E-state index in [2.05, 4.69) is 40.0 Å². The van der Waals surface area contributed by atoms with Crippen LogP contribution in [0.1, 0.15) is 0 Å². The predicted octanol–water partition coefficient (Wildman–Crippen LogP) is 1.39. The van der Waals surface area contributed by atoms with Crippen molar-refractivity contribution in [2.75, 3.05) is 0 Å². The number of rotatable bonds is 0. The van der Waals surface area contributed by atoms with E-state index in [4.69, 9.17) is 0 Å². The molecule has 24 valence electrons. The first-order valence-corrected chi connectivity index (χ1v) is 9.35. The third-order valence-electron chi connectivity index (χ3n) is 0. The molecule has 0 aromatic carbocycles. The van der Waals surface area contributed by atoms with Crippen LogP contribution in [0.4, 0.5) is 0 Å². The average Bonchev–Trinajstić information content (AvgIpc) is 0.918. The maximum absolute atomic E-state index is 2.37. The van der Waals surface area contributed by atoms with Crippen LogP contribution in [0.3, 0.4) is 0 Å². The molecule has 0 amide bonds. The van der Waals surface area contributed by atoms with E-state index in [0.29, 0.717) is 9.47 Å². The maximum atomic E-state index is 2.37. The Hall–Kier alpha value is 2.93. The monoisotopic (exact) mass is 514 g/mol. The van der Waals surface area contributed by atoms with Gasteiger partial charge in [0.25, 0.3) is 0 Å². The SMILES string of the molecule is [Bi].[I][V][I]. The van der Waals surface area contributed by atoms with Crippen molar-refractivity contribution in [1.82, 2.24) is 0 Å². The van der Waals surface area contributed by atoms with Gasteiger partial charge in [-0.1, -0.05) is 0 Å². The molecule has 0 saturated carbocycles. The van der Waals surface area contributed by atoms with Crippen LogP contribution >= 0.6 is 40.0 Å². The van der Waals surface area contributed by atoms with Crippen LogP contribution in [0.25, 0.3) is 0 Å². The molecule has 0 N–H and O–H groups in total. The predicted molar refractivity (Wildman–Crippen MR) is 33.8 cm³/mol. The molecular formula is BiI2V. The van der Waals surface area contributed by atoms with E-state index in [0.717, 1.165) is 0 Å². The van der Waals surface area contributed by atoms with E-state index in [1.54, 1.807) is 0 Å². The van der Waals surface area contributed by atoms with E-state index in [9.17, 15) is 0 Å². The van der Waals surface area contributed by atoms with Gasteiger partial charge in [-0.15, -0.1) is 0 Å². The Balaban J connectivity index is 0. The Bertz CT molecular complexity index is 6.00. The van der Waals surface area contributed by atoms with E-state index in [1.165, 1.54) is 0 Å². The van der Waals surface area contributed by atoms with Gasteiger partial charge in [0.05, 0.1) is 0 Å². The third-order valence-corrected chi connectivity index (χ3v) is 0. The summed E-state index contributed by atoms with van der Waals surface area (Å²) in [5.74, 6) is 0. The summed E-state index contributed by atoms with van der Waals surface area (Å²) >= 11 is 4.74. The van der Waals surface area contributed by atoms with Gasteiger partial charge < -0.3 is 0 Å². The summed E-state index contributed by atoms with van der Waals surface area (Å²) in [6.45, 7) is 0. The molecule has 0 nitrogen and oxygen atoms in total. The summed E-state index contributed by atoms with van der Waals surface area (Å²) < 4.78 is 0. The first-order chi connectivity index (χ1) is 1.41. The molecule has 0 aromatic heterocycles. The molecular weight excluding hydrogens is 514 g/mol. The first kappa shape index (κ1) is 10.0. The van der Waals surface area contributed by atoms with Gasteiger partial charge in [0.1, 0.15) is 0 Å². The molecule has 4 heavy (non-hydrogen) atoms. The molecule has 0 aliphatic heterocycles. The van der Waals surface area contributed by atoms with Crippen LogP contribution in [0.15, 0.2) is 0 Å². The van der Waals surface area contributed by atoms with Gasteiger partial charge in [0, 0.05) is 26.2 Å². The van der Waals surface area contributed by atoms with Crippen LogP contribution in [-0.2, 0) is 9.47 Å². The second-order valence-electron chi connectivity index (χ2n) is 0.0639. The van der Waals surface area contributed by atoms with Crippen LogP contribution in [0, 0.1) is 0 Å². The van der Waals surface area contributed by atoms with Gasteiger partial charge in [0.2, 0.25) is 0 Å². The fraction of sp³-hybridized carbons (Fsp3) is 0. The Morgan fingerprint density at radius 2 is 1.25 bits per heavy atom. The molecule has 0 unspecified atom stereocenters. The van der Waals surface area contributed by atoms with E-state index in [1.807, 2.05) is 0 Å². The van der Waals surface area contributed by atoms with Gasteiger partial charge in [-0.05, 0) is 0 Å². The van der Waals surface area contributed by atoms with Gasteiger partial charge in [-0.2, -0.15) is 0 Å². The fourth-order valence-corrected chi connectivity index (χ4v) is 0. The molecule has 0 aliphatic rings. The summed E-state index contributed by atoms with van der Waals surface area (Å²) in [6, 6.07) is 0. The average molecular weight is 514 g/mol. The van der Waals surface area contributed by atoms with Crippen molar-refractivity contribution in [1.29, 1.82) is 0 Å². The van der Waals surface area contributed by atoms with E-state index >= 15 is 0 Å². The van der Waals surface area contributed by atoms with Crippen molar-refractivity contribution in [2.24, 2.45) is 0 Å². The van der Waals surface area contributed by atoms with Gasteiger partial charge >= 0.3 is 49.4 Å². The van der Waals surface area contributed by atoms with E-state index in [-0.39, 0.29) is 26.2 Å². The second kappa shape index (κ2) is 9.33. The number of hydrogen-bond donors (Lipinski definition) is 0. The quantitative estimate of drug-likeness (QED) is 0.339. The summed E-state index contributed by atoms with van der Waals surface area (Å²) in [5, 5.41) is 0. The first-order valence-electron chi connectivity index (χ1n) is 0.338. The molecule has 0 fully saturated rings. The summed E-state index contributed by atoms with van der Waals surface area (Å²) in [5.41, 5.74) is 0. The zero-order chi connectivity index (χ0) is 2.71. The summed E-state index contributed by atoms with van der Waals surface area (Å²) in [6.07, 6.45) is 0. The van der Waals surface area contributed by atoms with Crippen molar-refractivity contribution < 1.29 is 9.47 Å². The molecule has 0 rings (SSSR count). The molecule has 0 atom stereocenters. The van der Waals surface area contributed by atoms with Gasteiger partial charge in [-0.3, -0.25) is 0 Å². The Morgan fingerprint density at radius 1 is 1.25 bits per heavy atom. The number of halogens is 2. The minimum absolute atomic E-state index is 0. The molecule has 4 heteroatoms. The van der Waals surface area contributed by atoms with Crippen molar-refractivity contribution in [3.8, 4) is 0 Å². The molecule has 3 radical (unpaired) electrons. The van der Waals surface area contributed by atoms with E-state index < -0.39 is 0 Å². The van der Waals surface area contributed by atoms with Crippen molar-refractivity contribution >= 4 is 66.2 Å². The Labute approximate surface area is 73.8 Å². The molecule has 0 aliphatic carbocycles. The summed E-state index contributed by atoms with van der Waals surface area (Å²) in [7, 11) is 0.628. The second-order valence-corrected chi connectivity index (χ2v) is 11.9. The molecule has 0 heterocycles. The van der Waals surface area contributed by atoms with Crippen LogP contribution in [0.5, 0.6) is 0 Å². The molecule has 0 saturated heterocycles. The molecule has 0 aromatic rings. The summed E-state index contributed by atoms with van der Waals surface area (Å²) in [4.78, 5) is 0. The topological polar surface area (TPSA) is 0 Å². The Morgan fingerprint density at radius 3 is 1.25 bits per heavy atom. The van der Waals surface area contributed by atoms with Crippen LogP contribution in [0.2, 0.25) is 0 Å². The molecule has 0 bridgehead atoms. The molecule has 0 spiro atoms. The van der Waals surface area contributed by atoms with Crippen molar-refractivity contribution in [3.05, 3.63) is 0 Å². The van der Waals surface area contributed by atoms with Crippen LogP contribution < -0.4 is 0 Å². The fourth-order valence-electron chi connectivity index (χ4n) is 0. The van der Waals surface area contributed by atoms with Gasteiger partial charge in [0.15, 0.2) is 0 Å². The van der Waals surface area contributed by atoms with Crippen molar-refractivity contribution in [3.63, 3.8) is 0 Å². The Kier molecular flexibility index (Phi) is 23.4. The minimum atomic E-state index is 0. The third kappa shape index (κ3) is 8.87. The standard InChI is InChI=1S/Bi.2HI.V/h;2*1H;/q;;;+2/p-2. The zero-order valence-electron chi connectivity index (χ0n) is 1.65. The van der Waals surface area contributed by atoms with Crippen LogP contribution in [-0.4, -0.2) is 26.2 Å². The van der Waals surface area contributed by atoms with Crippen molar-refractivity contribution in [2.45, 2.75) is 0 Å². The zero-order valence-corrected chi connectivity index (χ0v) is 10.8. The van der Waals surface area contributed by atoms with Gasteiger partial charge in [-0.25, -0.2) is 0 Å². The number of hydrogen-bond acceptors (Lipinski definition) is 0.